The first kappa shape index (κ1) is 17.2. The average molecular weight is 255 g/mol. The summed E-state index contributed by atoms with van der Waals surface area (Å²) in [7, 11) is -1.13. The van der Waals surface area contributed by atoms with Crippen molar-refractivity contribution in [2.45, 2.75) is 18.0 Å². The molecule has 0 saturated heterocycles. The predicted octanol–water partition coefficient (Wildman–Crippen LogP) is 0.0228. The minimum atomic E-state index is -1.13. The second-order valence-electron chi connectivity index (χ2n) is 3.77. The first-order valence-electron chi connectivity index (χ1n) is 4.11. The van der Waals surface area contributed by atoms with Gasteiger partial charge in [0.1, 0.15) is 0 Å². The van der Waals surface area contributed by atoms with E-state index in [1.54, 1.807) is 0 Å². The van der Waals surface area contributed by atoms with Crippen LogP contribution in [0.4, 0.5) is 0 Å². The van der Waals surface area contributed by atoms with Crippen molar-refractivity contribution in [2.75, 3.05) is 5.38 Å². The Morgan fingerprint density at radius 1 is 1.21 bits per heavy atom. The topological polar surface area (TPSA) is 0 Å². The Labute approximate surface area is 115 Å². The Kier molecular flexibility index (Phi) is 9.91. The summed E-state index contributed by atoms with van der Waals surface area (Å²) in [6, 6.07) is 10.5. The first-order chi connectivity index (χ1) is 5.58. The summed E-state index contributed by atoms with van der Waals surface area (Å²) >= 11 is 1.93. The molecule has 0 bridgehead atoms. The quantitative estimate of drug-likeness (QED) is 0.417. The third-order valence-electron chi connectivity index (χ3n) is 1.37. The second kappa shape index (κ2) is 8.05. The molecule has 0 aromatic heterocycles. The van der Waals surface area contributed by atoms with Crippen molar-refractivity contribution in [3.8, 4) is 0 Å². The maximum absolute atomic E-state index is 4.20. The Morgan fingerprint density at radius 2 is 1.71 bits per heavy atom. The molecule has 0 aliphatic rings. The average Bonchev–Trinajstić information content (AvgIpc) is 2.02. The molecule has 0 heterocycles. The van der Waals surface area contributed by atoms with Crippen LogP contribution < -0.4 is 12.4 Å². The van der Waals surface area contributed by atoms with Gasteiger partial charge in [-0.05, 0) is 17.5 Å². The number of thioether (sulfide) groups is 1. The molecule has 0 aliphatic heterocycles. The van der Waals surface area contributed by atoms with Gasteiger partial charge < -0.3 is 19.0 Å². The molecule has 0 aliphatic carbocycles. The van der Waals surface area contributed by atoms with Gasteiger partial charge >= 0.3 is 23.1 Å². The molecule has 1 aromatic carbocycles. The molecular weight excluding hydrogens is 240 g/mol. The molecule has 0 fully saturated rings. The van der Waals surface area contributed by atoms with Crippen molar-refractivity contribution < 1.29 is 12.4 Å². The zero-order chi connectivity index (χ0) is 9.03. The van der Waals surface area contributed by atoms with Crippen LogP contribution in [-0.4, -0.2) is 36.5 Å². The molecule has 0 amide bonds. The summed E-state index contributed by atoms with van der Waals surface area (Å²) in [6.45, 7) is 8.79. The van der Waals surface area contributed by atoms with E-state index in [9.17, 15) is 0 Å². The van der Waals surface area contributed by atoms with Crippen molar-refractivity contribution in [2.24, 2.45) is 0 Å². The summed E-state index contributed by atoms with van der Waals surface area (Å²) in [5, 5.41) is 1.21. The number of halogens is 1. The van der Waals surface area contributed by atoms with Crippen molar-refractivity contribution in [3.05, 3.63) is 36.9 Å². The zero-order valence-corrected chi connectivity index (χ0v) is 12.8. The molecule has 1 aromatic rings. The monoisotopic (exact) mass is 254 g/mol. The normalized spacial score (nSPS) is 9.93. The summed E-state index contributed by atoms with van der Waals surface area (Å²) in [4.78, 5) is 1.36. The van der Waals surface area contributed by atoms with Gasteiger partial charge in [-0.25, -0.2) is 0 Å². The van der Waals surface area contributed by atoms with Gasteiger partial charge in [0.2, 0.25) is 0 Å². The summed E-state index contributed by atoms with van der Waals surface area (Å²) in [5.74, 6) is 0. The number of hydrogen-bond donors (Lipinski definition) is 0. The molecule has 0 unspecified atom stereocenters. The van der Waals surface area contributed by atoms with E-state index < -0.39 is 8.07 Å². The van der Waals surface area contributed by atoms with E-state index in [-0.39, 0.29) is 35.5 Å². The van der Waals surface area contributed by atoms with Gasteiger partial charge in [0.15, 0.2) is 0 Å². The third-order valence-corrected chi connectivity index (χ3v) is 5.68. The molecule has 4 heteroatoms. The SMILES string of the molecule is [CH2-][Si](C)(C)CSc1ccccc1.[Cl-].[Mg+2]. The summed E-state index contributed by atoms with van der Waals surface area (Å²) < 4.78 is 0. The van der Waals surface area contributed by atoms with Crippen LogP contribution >= 0.6 is 11.8 Å². The van der Waals surface area contributed by atoms with Crippen LogP contribution in [-0.2, 0) is 0 Å². The van der Waals surface area contributed by atoms with Crippen molar-refractivity contribution in [3.63, 3.8) is 0 Å². The first-order valence-corrected chi connectivity index (χ1v) is 8.51. The minimum absolute atomic E-state index is 0. The van der Waals surface area contributed by atoms with Gasteiger partial charge in [-0.2, -0.15) is 0 Å². The van der Waals surface area contributed by atoms with Gasteiger partial charge in [0.05, 0.1) is 0 Å². The van der Waals surface area contributed by atoms with Gasteiger partial charge in [0.25, 0.3) is 0 Å². The van der Waals surface area contributed by atoms with Crippen molar-refractivity contribution in [1.29, 1.82) is 0 Å². The van der Waals surface area contributed by atoms with Crippen molar-refractivity contribution in [1.82, 2.24) is 0 Å². The fraction of sp³-hybridized carbons (Fsp3) is 0.300. The maximum atomic E-state index is 4.20. The number of rotatable bonds is 3. The van der Waals surface area contributed by atoms with Crippen LogP contribution in [0.5, 0.6) is 0 Å². The maximum Gasteiger partial charge on any atom is 2.00 e. The fourth-order valence-electron chi connectivity index (χ4n) is 0.795. The van der Waals surface area contributed by atoms with E-state index in [1.807, 2.05) is 11.8 Å². The fourth-order valence-corrected chi connectivity index (χ4v) is 3.37. The smallest absolute Gasteiger partial charge is 1.00 e. The zero-order valence-electron chi connectivity index (χ0n) is 8.79. The Hall–Kier alpha value is 0.843. The van der Waals surface area contributed by atoms with E-state index in [2.05, 4.69) is 50.0 Å². The van der Waals surface area contributed by atoms with Crippen LogP contribution in [0.15, 0.2) is 35.2 Å². The van der Waals surface area contributed by atoms with Gasteiger partial charge in [-0.3, -0.25) is 0 Å². The Bertz CT molecular complexity index is 236. The standard InChI is InChI=1S/C10H15SSi.ClH.Mg/c1-12(2,3)9-11-10-7-5-4-6-8-10;;/h4-8H,1,9H2,2-3H3;1H;/q-1;;+2/p-1. The number of benzene rings is 1. The molecule has 0 radical (unpaired) electrons. The van der Waals surface area contributed by atoms with E-state index in [0.29, 0.717) is 0 Å². The van der Waals surface area contributed by atoms with Crippen molar-refractivity contribution >= 4 is 42.9 Å². The third kappa shape index (κ3) is 8.18. The summed E-state index contributed by atoms with van der Waals surface area (Å²) in [5.41, 5.74) is 0. The predicted molar refractivity (Wildman–Crippen MR) is 65.8 cm³/mol. The molecule has 0 N–H and O–H groups in total. The van der Waals surface area contributed by atoms with Gasteiger partial charge in [-0.1, -0.05) is 39.4 Å². The van der Waals surface area contributed by atoms with Crippen LogP contribution in [0.1, 0.15) is 0 Å². The largest absolute Gasteiger partial charge is 2.00 e. The molecule has 0 atom stereocenters. The van der Waals surface area contributed by atoms with Gasteiger partial charge in [-0.15, -0.1) is 11.8 Å². The summed E-state index contributed by atoms with van der Waals surface area (Å²) in [6.07, 6.45) is 0. The Morgan fingerprint density at radius 3 is 2.14 bits per heavy atom. The molecule has 0 nitrogen and oxygen atoms in total. The van der Waals surface area contributed by atoms with E-state index >= 15 is 0 Å². The molecule has 0 spiro atoms. The van der Waals surface area contributed by atoms with Crippen LogP contribution in [0.25, 0.3) is 0 Å². The second-order valence-corrected chi connectivity index (χ2v) is 10.0. The van der Waals surface area contributed by atoms with E-state index in [1.165, 1.54) is 10.3 Å². The molecular formula is C10H15ClMgSSi. The molecule has 0 saturated carbocycles. The Balaban J connectivity index is 0. The van der Waals surface area contributed by atoms with E-state index in [4.69, 9.17) is 0 Å². The van der Waals surface area contributed by atoms with Crippen LogP contribution in [0, 0.1) is 6.55 Å². The van der Waals surface area contributed by atoms with E-state index in [0.717, 1.165) is 0 Å². The van der Waals surface area contributed by atoms with Gasteiger partial charge in [0, 0.05) is 4.90 Å². The molecule has 1 rings (SSSR count). The number of hydrogen-bond acceptors (Lipinski definition) is 1. The minimum Gasteiger partial charge on any atom is -1.00 e. The molecule has 14 heavy (non-hydrogen) atoms. The van der Waals surface area contributed by atoms with Crippen LogP contribution in [0.2, 0.25) is 13.1 Å². The van der Waals surface area contributed by atoms with Crippen LogP contribution in [0.3, 0.4) is 0 Å². The molecule has 74 valence electrons.